The van der Waals surface area contributed by atoms with Crippen molar-refractivity contribution in [2.75, 3.05) is 6.61 Å². The summed E-state index contributed by atoms with van der Waals surface area (Å²) in [6.45, 7) is -0.393. The van der Waals surface area contributed by atoms with Crippen molar-refractivity contribution in [3.05, 3.63) is 22.4 Å². The van der Waals surface area contributed by atoms with Crippen LogP contribution in [0.25, 0.3) is 0 Å². The van der Waals surface area contributed by atoms with Gasteiger partial charge in [-0.15, -0.1) is 11.3 Å². The van der Waals surface area contributed by atoms with Crippen LogP contribution in [0.1, 0.15) is 80.3 Å². The summed E-state index contributed by atoms with van der Waals surface area (Å²) in [4.78, 5) is 25.2. The van der Waals surface area contributed by atoms with Crippen LogP contribution in [-0.4, -0.2) is 35.6 Å². The molecule has 2 rings (SSSR count). The number of aliphatic hydroxyl groups is 1. The largest absolute Gasteiger partial charge is 0.394 e. The monoisotopic (exact) mass is 380 g/mol. The van der Waals surface area contributed by atoms with E-state index in [-0.39, 0.29) is 17.9 Å². The van der Waals surface area contributed by atoms with E-state index in [9.17, 15) is 14.7 Å². The summed E-state index contributed by atoms with van der Waals surface area (Å²) < 4.78 is 0. The minimum atomic E-state index is -0.897. The smallest absolute Gasteiger partial charge is 0.262 e. The molecule has 1 aromatic rings. The predicted octanol–water partition coefficient (Wildman–Crippen LogP) is 3.63. The number of thiophene rings is 1. The van der Waals surface area contributed by atoms with Gasteiger partial charge in [0, 0.05) is 6.04 Å². The van der Waals surface area contributed by atoms with E-state index in [1.807, 2.05) is 5.38 Å². The van der Waals surface area contributed by atoms with Gasteiger partial charge >= 0.3 is 0 Å². The molecule has 26 heavy (non-hydrogen) atoms. The number of aliphatic hydroxyl groups excluding tert-OH is 1. The summed E-state index contributed by atoms with van der Waals surface area (Å²) in [5.41, 5.74) is 0. The van der Waals surface area contributed by atoms with Gasteiger partial charge in [0.15, 0.2) is 0 Å². The second-order valence-corrected chi connectivity index (χ2v) is 8.10. The van der Waals surface area contributed by atoms with Crippen molar-refractivity contribution in [2.24, 2.45) is 0 Å². The molecule has 6 heteroatoms. The number of carbonyl (C=O) groups excluding carboxylic acids is 2. The van der Waals surface area contributed by atoms with E-state index in [4.69, 9.17) is 0 Å². The second kappa shape index (κ2) is 12.1. The highest BCUT2D eigenvalue weighted by Crippen LogP contribution is 2.17. The van der Waals surface area contributed by atoms with Crippen LogP contribution < -0.4 is 10.6 Å². The van der Waals surface area contributed by atoms with Crippen molar-refractivity contribution < 1.29 is 14.7 Å². The maximum absolute atomic E-state index is 12.5. The summed E-state index contributed by atoms with van der Waals surface area (Å²) in [7, 11) is 0. The fourth-order valence-corrected chi connectivity index (χ4v) is 4.07. The van der Waals surface area contributed by atoms with Gasteiger partial charge < -0.3 is 15.7 Å². The van der Waals surface area contributed by atoms with E-state index in [1.165, 1.54) is 56.3 Å². The first kappa shape index (κ1) is 20.9. The molecule has 0 radical (unpaired) electrons. The van der Waals surface area contributed by atoms with Gasteiger partial charge in [-0.2, -0.15) is 0 Å². The Bertz CT molecular complexity index is 521. The molecule has 1 saturated carbocycles. The molecule has 1 aromatic heterocycles. The Kier molecular flexibility index (Phi) is 9.71. The maximum atomic E-state index is 12.5. The quantitative estimate of drug-likeness (QED) is 0.730. The van der Waals surface area contributed by atoms with Crippen molar-refractivity contribution in [1.82, 2.24) is 10.6 Å². The lowest BCUT2D eigenvalue weighted by Gasteiger charge is -2.23. The summed E-state index contributed by atoms with van der Waals surface area (Å²) in [6, 6.07) is 2.73. The van der Waals surface area contributed by atoms with E-state index in [0.29, 0.717) is 4.88 Å². The van der Waals surface area contributed by atoms with Gasteiger partial charge in [0.2, 0.25) is 5.91 Å². The first-order valence-electron chi connectivity index (χ1n) is 9.96. The van der Waals surface area contributed by atoms with Crippen molar-refractivity contribution in [1.29, 1.82) is 0 Å². The molecule has 5 nitrogen and oxygen atoms in total. The highest BCUT2D eigenvalue weighted by Gasteiger charge is 2.23. The number of hydrogen-bond donors (Lipinski definition) is 3. The van der Waals surface area contributed by atoms with Crippen LogP contribution in [0.3, 0.4) is 0 Å². The third-order valence-corrected chi connectivity index (χ3v) is 5.87. The van der Waals surface area contributed by atoms with Crippen molar-refractivity contribution in [3.8, 4) is 0 Å². The molecule has 0 unspecified atom stereocenters. The molecule has 1 fully saturated rings. The molecule has 146 valence electrons. The topological polar surface area (TPSA) is 78.4 Å². The van der Waals surface area contributed by atoms with Crippen LogP contribution in [0.15, 0.2) is 17.5 Å². The van der Waals surface area contributed by atoms with E-state index >= 15 is 0 Å². The minimum absolute atomic E-state index is 0.134. The molecule has 1 atom stereocenters. The highest BCUT2D eigenvalue weighted by molar-refractivity contribution is 7.12. The zero-order valence-corrected chi connectivity index (χ0v) is 16.4. The fraction of sp³-hybridized carbons (Fsp3) is 0.700. The lowest BCUT2D eigenvalue weighted by atomic mass is 9.97. The Hall–Kier alpha value is -1.40. The second-order valence-electron chi connectivity index (χ2n) is 7.15. The standard InChI is InChI=1S/C20H32N2O3S/c23-15-17(22-20(25)18-13-10-14-26-18)19(24)21-16-11-8-6-4-2-1-3-5-7-9-12-16/h10,13-14,16-17,23H,1-9,11-12,15H2,(H,21,24)(H,22,25)/t17-/m0/s1. The van der Waals surface area contributed by atoms with Crippen LogP contribution in [-0.2, 0) is 4.79 Å². The molecule has 0 bridgehead atoms. The van der Waals surface area contributed by atoms with Gasteiger partial charge in [-0.1, -0.05) is 63.9 Å². The summed E-state index contributed by atoms with van der Waals surface area (Å²) in [5.74, 6) is -0.595. The molecule has 0 aromatic carbocycles. The van der Waals surface area contributed by atoms with E-state index in [0.717, 1.165) is 25.7 Å². The number of carbonyl (C=O) groups is 2. The Morgan fingerprint density at radius 1 is 1.04 bits per heavy atom. The molecule has 0 aliphatic heterocycles. The van der Waals surface area contributed by atoms with Gasteiger partial charge in [-0.05, 0) is 24.3 Å². The Labute approximate surface area is 160 Å². The van der Waals surface area contributed by atoms with Crippen molar-refractivity contribution >= 4 is 23.2 Å². The zero-order valence-electron chi connectivity index (χ0n) is 15.5. The lowest BCUT2D eigenvalue weighted by Crippen LogP contribution is -2.51. The molecule has 1 heterocycles. The zero-order chi connectivity index (χ0) is 18.6. The molecular formula is C20H32N2O3S. The van der Waals surface area contributed by atoms with Crippen molar-refractivity contribution in [2.45, 2.75) is 82.7 Å². The Morgan fingerprint density at radius 2 is 1.62 bits per heavy atom. The highest BCUT2D eigenvalue weighted by atomic mass is 32.1. The molecule has 1 aliphatic carbocycles. The number of rotatable bonds is 5. The van der Waals surface area contributed by atoms with Crippen molar-refractivity contribution in [3.63, 3.8) is 0 Å². The number of nitrogens with one attached hydrogen (secondary N) is 2. The predicted molar refractivity (Wildman–Crippen MR) is 105 cm³/mol. The van der Waals surface area contributed by atoms with Gasteiger partial charge in [0.05, 0.1) is 11.5 Å². The van der Waals surface area contributed by atoms with E-state index in [1.54, 1.807) is 12.1 Å². The van der Waals surface area contributed by atoms with Gasteiger partial charge in [0.25, 0.3) is 5.91 Å². The maximum Gasteiger partial charge on any atom is 0.262 e. The van der Waals surface area contributed by atoms with Crippen LogP contribution in [0.4, 0.5) is 0 Å². The van der Waals surface area contributed by atoms with Gasteiger partial charge in [0.1, 0.15) is 6.04 Å². The molecule has 0 spiro atoms. The SMILES string of the molecule is O=C(N[C@@H](CO)C(=O)NC1CCCCCCCCCCC1)c1cccs1. The molecular weight excluding hydrogens is 348 g/mol. The summed E-state index contributed by atoms with van der Waals surface area (Å²) in [6.07, 6.45) is 13.2. The van der Waals surface area contributed by atoms with Crippen LogP contribution in [0.5, 0.6) is 0 Å². The van der Waals surface area contributed by atoms with E-state index < -0.39 is 12.6 Å². The summed E-state index contributed by atoms with van der Waals surface area (Å²) in [5, 5.41) is 17.1. The lowest BCUT2D eigenvalue weighted by molar-refractivity contribution is -0.124. The van der Waals surface area contributed by atoms with E-state index in [2.05, 4.69) is 10.6 Å². The molecule has 1 aliphatic rings. The molecule has 2 amide bonds. The van der Waals surface area contributed by atoms with Crippen LogP contribution >= 0.6 is 11.3 Å². The van der Waals surface area contributed by atoms with Gasteiger partial charge in [-0.3, -0.25) is 9.59 Å². The Balaban J connectivity index is 1.85. The van der Waals surface area contributed by atoms with Gasteiger partial charge in [-0.25, -0.2) is 0 Å². The first-order valence-corrected chi connectivity index (χ1v) is 10.8. The minimum Gasteiger partial charge on any atom is -0.394 e. The number of hydrogen-bond acceptors (Lipinski definition) is 4. The third-order valence-electron chi connectivity index (χ3n) is 5.00. The third kappa shape index (κ3) is 7.46. The fourth-order valence-electron chi connectivity index (χ4n) is 3.44. The number of amides is 2. The average molecular weight is 381 g/mol. The normalized spacial score (nSPS) is 19.0. The van der Waals surface area contributed by atoms with Crippen LogP contribution in [0, 0.1) is 0 Å². The molecule has 3 N–H and O–H groups in total. The Morgan fingerprint density at radius 3 is 2.12 bits per heavy atom. The first-order chi connectivity index (χ1) is 12.7. The average Bonchev–Trinajstić information content (AvgIpc) is 3.16. The summed E-state index contributed by atoms with van der Waals surface area (Å²) >= 11 is 1.32. The van der Waals surface area contributed by atoms with Crippen LogP contribution in [0.2, 0.25) is 0 Å². The molecule has 0 saturated heterocycles.